The Morgan fingerprint density at radius 3 is 2.79 bits per heavy atom. The van der Waals surface area contributed by atoms with Crippen LogP contribution in [0.3, 0.4) is 0 Å². The number of halogens is 1. The molecule has 0 N–H and O–H groups in total. The third-order valence-electron chi connectivity index (χ3n) is 4.24. The number of thiazole rings is 1. The van der Waals surface area contributed by atoms with E-state index in [1.165, 1.54) is 34.3 Å². The topological polar surface area (TPSA) is 76.3 Å². The molecule has 0 aliphatic carbocycles. The fourth-order valence-corrected chi connectivity index (χ4v) is 3.49. The number of carbonyl (C=O) groups is 1. The number of aromatic nitrogens is 5. The molecule has 0 spiro atoms. The molecule has 1 amide bonds. The van der Waals surface area contributed by atoms with Gasteiger partial charge >= 0.3 is 0 Å². The van der Waals surface area contributed by atoms with Crippen molar-refractivity contribution >= 4 is 28.2 Å². The predicted octanol–water partition coefficient (Wildman–Crippen LogP) is 3.83. The smallest absolute Gasteiger partial charge is 0.278 e. The molecule has 0 aliphatic rings. The van der Waals surface area contributed by atoms with Gasteiger partial charge in [-0.25, -0.2) is 14.4 Å². The molecule has 0 unspecified atom stereocenters. The lowest BCUT2D eigenvalue weighted by Crippen LogP contribution is -2.33. The van der Waals surface area contributed by atoms with Crippen LogP contribution in [0.2, 0.25) is 0 Å². The highest BCUT2D eigenvalue weighted by Crippen LogP contribution is 2.24. The van der Waals surface area contributed by atoms with Crippen LogP contribution in [0, 0.1) is 5.82 Å². The molecule has 7 nitrogen and oxygen atoms in total. The van der Waals surface area contributed by atoms with Gasteiger partial charge in [0.25, 0.3) is 11.7 Å². The highest BCUT2D eigenvalue weighted by atomic mass is 32.1. The van der Waals surface area contributed by atoms with Crippen molar-refractivity contribution in [2.24, 2.45) is 0 Å². The van der Waals surface area contributed by atoms with Crippen molar-refractivity contribution in [2.45, 2.75) is 19.8 Å². The second kappa shape index (κ2) is 7.81. The molecule has 0 radical (unpaired) electrons. The zero-order chi connectivity index (χ0) is 19.5. The Morgan fingerprint density at radius 1 is 1.25 bits per heavy atom. The first-order chi connectivity index (χ1) is 13.7. The third kappa shape index (κ3) is 3.48. The van der Waals surface area contributed by atoms with Gasteiger partial charge in [0.1, 0.15) is 17.8 Å². The van der Waals surface area contributed by atoms with Crippen molar-refractivity contribution in [3.8, 4) is 11.3 Å². The summed E-state index contributed by atoms with van der Waals surface area (Å²) in [6.07, 6.45) is 4.83. The lowest BCUT2D eigenvalue weighted by atomic mass is 10.1. The quantitative estimate of drug-likeness (QED) is 0.495. The minimum absolute atomic E-state index is 0.232. The van der Waals surface area contributed by atoms with Crippen molar-refractivity contribution in [3.63, 3.8) is 0 Å². The van der Waals surface area contributed by atoms with Gasteiger partial charge in [-0.2, -0.15) is 14.6 Å². The Kier molecular flexibility index (Phi) is 5.07. The fraction of sp³-hybridized carbons (Fsp3) is 0.211. The molecule has 4 aromatic rings. The maximum atomic E-state index is 13.4. The molecule has 1 aromatic carbocycles. The molecule has 28 heavy (non-hydrogen) atoms. The van der Waals surface area contributed by atoms with E-state index in [-0.39, 0.29) is 11.7 Å². The number of unbranched alkanes of at least 4 members (excludes halogenated alkanes) is 1. The summed E-state index contributed by atoms with van der Waals surface area (Å²) in [5.74, 6) is -0.262. The molecule has 0 atom stereocenters. The summed E-state index contributed by atoms with van der Waals surface area (Å²) in [5, 5.41) is 6.62. The number of amides is 1. The van der Waals surface area contributed by atoms with E-state index in [0.29, 0.717) is 34.4 Å². The summed E-state index contributed by atoms with van der Waals surface area (Å²) < 4.78 is 14.7. The van der Waals surface area contributed by atoms with E-state index in [0.717, 1.165) is 12.8 Å². The number of anilines is 1. The molecule has 0 saturated carbocycles. The van der Waals surface area contributed by atoms with Gasteiger partial charge in [-0.1, -0.05) is 13.3 Å². The van der Waals surface area contributed by atoms with Crippen LogP contribution in [0.5, 0.6) is 0 Å². The number of nitrogens with zero attached hydrogens (tertiary/aromatic N) is 6. The maximum Gasteiger partial charge on any atom is 0.278 e. The van der Waals surface area contributed by atoms with Gasteiger partial charge in [0.2, 0.25) is 0 Å². The Balaban J connectivity index is 1.81. The van der Waals surface area contributed by atoms with E-state index in [4.69, 9.17) is 0 Å². The van der Waals surface area contributed by atoms with Crippen LogP contribution in [0.4, 0.5) is 9.52 Å². The molecular weight excluding hydrogens is 379 g/mol. The Labute approximate surface area is 164 Å². The summed E-state index contributed by atoms with van der Waals surface area (Å²) in [7, 11) is 0. The number of rotatable bonds is 6. The predicted molar refractivity (Wildman–Crippen MR) is 105 cm³/mol. The monoisotopic (exact) mass is 396 g/mol. The van der Waals surface area contributed by atoms with E-state index in [9.17, 15) is 9.18 Å². The zero-order valence-electron chi connectivity index (χ0n) is 15.1. The standard InChI is InChI=1S/C19H17FN6OS/c1-2-3-9-25(19-21-8-10-28-19)17(27)16-11-15(13-4-6-14(20)7-5-13)24-18-22-12-23-26(16)18/h4-8,10-12H,2-3,9H2,1H3. The van der Waals surface area contributed by atoms with Gasteiger partial charge < -0.3 is 0 Å². The molecule has 0 saturated heterocycles. The largest absolute Gasteiger partial charge is 0.283 e. The summed E-state index contributed by atoms with van der Waals surface area (Å²) in [6.45, 7) is 2.62. The van der Waals surface area contributed by atoms with Crippen molar-refractivity contribution < 1.29 is 9.18 Å². The van der Waals surface area contributed by atoms with Crippen molar-refractivity contribution in [2.75, 3.05) is 11.4 Å². The van der Waals surface area contributed by atoms with Gasteiger partial charge in [-0.05, 0) is 36.8 Å². The average molecular weight is 396 g/mol. The van der Waals surface area contributed by atoms with Gasteiger partial charge in [0.15, 0.2) is 5.13 Å². The van der Waals surface area contributed by atoms with Crippen LogP contribution in [-0.4, -0.2) is 37.0 Å². The highest BCUT2D eigenvalue weighted by Gasteiger charge is 2.24. The van der Waals surface area contributed by atoms with Crippen LogP contribution in [0.1, 0.15) is 30.3 Å². The lowest BCUT2D eigenvalue weighted by molar-refractivity contribution is 0.0979. The molecule has 142 valence electrons. The Hall–Kier alpha value is -3.20. The lowest BCUT2D eigenvalue weighted by Gasteiger charge is -2.20. The second-order valence-corrected chi connectivity index (χ2v) is 7.00. The minimum Gasteiger partial charge on any atom is -0.283 e. The first kappa shape index (κ1) is 18.2. The van der Waals surface area contributed by atoms with E-state index in [1.54, 1.807) is 29.3 Å². The minimum atomic E-state index is -0.335. The van der Waals surface area contributed by atoms with Crippen LogP contribution >= 0.6 is 11.3 Å². The van der Waals surface area contributed by atoms with Crippen LogP contribution < -0.4 is 4.90 Å². The number of benzene rings is 1. The molecule has 3 aromatic heterocycles. The summed E-state index contributed by atoms with van der Waals surface area (Å²) in [4.78, 5) is 27.9. The number of fused-ring (bicyclic) bond motifs is 1. The normalized spacial score (nSPS) is 11.1. The molecule has 4 rings (SSSR count). The molecule has 0 aliphatic heterocycles. The summed E-state index contributed by atoms with van der Waals surface area (Å²) in [6, 6.07) is 7.61. The van der Waals surface area contributed by atoms with Crippen molar-refractivity contribution in [1.29, 1.82) is 0 Å². The third-order valence-corrected chi connectivity index (χ3v) is 5.04. The molecule has 9 heteroatoms. The number of hydrogen-bond acceptors (Lipinski definition) is 6. The molecule has 0 fully saturated rings. The zero-order valence-corrected chi connectivity index (χ0v) is 15.9. The van der Waals surface area contributed by atoms with Crippen LogP contribution in [-0.2, 0) is 0 Å². The van der Waals surface area contributed by atoms with E-state index >= 15 is 0 Å². The van der Waals surface area contributed by atoms with Gasteiger partial charge in [0, 0.05) is 23.7 Å². The van der Waals surface area contributed by atoms with Gasteiger partial charge in [-0.3, -0.25) is 9.69 Å². The summed E-state index contributed by atoms with van der Waals surface area (Å²) in [5.41, 5.74) is 1.54. The highest BCUT2D eigenvalue weighted by molar-refractivity contribution is 7.13. The van der Waals surface area contributed by atoms with Crippen LogP contribution in [0.25, 0.3) is 17.0 Å². The number of carbonyl (C=O) groups excluding carboxylic acids is 1. The van der Waals surface area contributed by atoms with E-state index in [1.807, 2.05) is 5.38 Å². The molecule has 3 heterocycles. The Bertz CT molecular complexity index is 1090. The fourth-order valence-electron chi connectivity index (χ4n) is 2.82. The maximum absolute atomic E-state index is 13.4. The van der Waals surface area contributed by atoms with Gasteiger partial charge in [0.05, 0.1) is 5.69 Å². The number of hydrogen-bond donors (Lipinski definition) is 0. The van der Waals surface area contributed by atoms with E-state index in [2.05, 4.69) is 27.0 Å². The van der Waals surface area contributed by atoms with Crippen molar-refractivity contribution in [3.05, 3.63) is 59.7 Å². The first-order valence-electron chi connectivity index (χ1n) is 8.85. The van der Waals surface area contributed by atoms with Gasteiger partial charge in [-0.15, -0.1) is 11.3 Å². The molecule has 0 bridgehead atoms. The SMILES string of the molecule is CCCCN(C(=O)c1cc(-c2ccc(F)cc2)nc2ncnn12)c1nccs1. The van der Waals surface area contributed by atoms with Crippen LogP contribution in [0.15, 0.2) is 48.2 Å². The second-order valence-electron chi connectivity index (χ2n) is 6.13. The Morgan fingerprint density at radius 2 is 2.07 bits per heavy atom. The first-order valence-corrected chi connectivity index (χ1v) is 9.73. The van der Waals surface area contributed by atoms with Crippen molar-refractivity contribution in [1.82, 2.24) is 24.6 Å². The van der Waals surface area contributed by atoms with E-state index < -0.39 is 0 Å². The summed E-state index contributed by atoms with van der Waals surface area (Å²) >= 11 is 1.41. The molecular formula is C19H17FN6OS. The average Bonchev–Trinajstić information content (AvgIpc) is 3.40.